The van der Waals surface area contributed by atoms with E-state index in [1.807, 2.05) is 30.4 Å². The van der Waals surface area contributed by atoms with Gasteiger partial charge in [0.05, 0.1) is 11.8 Å². The molecule has 2 bridgehead atoms. The van der Waals surface area contributed by atoms with Crippen LogP contribution in [0.3, 0.4) is 0 Å². The van der Waals surface area contributed by atoms with Crippen LogP contribution in [-0.2, 0) is 20.9 Å². The van der Waals surface area contributed by atoms with Gasteiger partial charge in [0.1, 0.15) is 19.8 Å². The molecule has 2 aliphatic carbocycles. The Morgan fingerprint density at radius 1 is 1.04 bits per heavy atom. The summed E-state index contributed by atoms with van der Waals surface area (Å²) in [6, 6.07) is 5.50. The summed E-state index contributed by atoms with van der Waals surface area (Å²) >= 11 is 0. The largest absolute Gasteiger partial charge is 0.486 e. The number of ether oxygens (including phenoxy) is 2. The van der Waals surface area contributed by atoms with Gasteiger partial charge in [-0.1, -0.05) is 18.2 Å². The SMILES string of the molecule is O=C(CN1C(=O)C2C3C=CC(C3)C2C1=O)NCc1ccc2c(c1)OCCO2. The molecule has 4 unspecified atom stereocenters. The Morgan fingerprint density at radius 3 is 2.41 bits per heavy atom. The molecule has 3 amide bonds. The number of likely N-dealkylation sites (tertiary alicyclic amines) is 1. The Labute approximate surface area is 156 Å². The van der Waals surface area contributed by atoms with Crippen molar-refractivity contribution in [1.82, 2.24) is 10.2 Å². The Kier molecular flexibility index (Phi) is 3.70. The van der Waals surface area contributed by atoms with Crippen LogP contribution in [0.4, 0.5) is 0 Å². The summed E-state index contributed by atoms with van der Waals surface area (Å²) in [6.45, 7) is 1.11. The zero-order valence-electron chi connectivity index (χ0n) is 14.7. The van der Waals surface area contributed by atoms with Crippen LogP contribution in [0.5, 0.6) is 11.5 Å². The maximum absolute atomic E-state index is 12.6. The van der Waals surface area contributed by atoms with Crippen molar-refractivity contribution < 1.29 is 23.9 Å². The van der Waals surface area contributed by atoms with Gasteiger partial charge in [0.2, 0.25) is 17.7 Å². The molecule has 2 fully saturated rings. The predicted molar refractivity (Wildman–Crippen MR) is 93.7 cm³/mol. The molecule has 1 saturated heterocycles. The van der Waals surface area contributed by atoms with E-state index in [9.17, 15) is 14.4 Å². The molecular weight excluding hydrogens is 348 g/mol. The Bertz CT molecular complexity index is 834. The first-order chi connectivity index (χ1) is 13.1. The molecule has 7 heteroatoms. The van der Waals surface area contributed by atoms with Crippen LogP contribution in [0, 0.1) is 23.7 Å². The van der Waals surface area contributed by atoms with Crippen molar-refractivity contribution in [3.8, 4) is 11.5 Å². The molecular formula is C20H20N2O5. The Hall–Kier alpha value is -2.83. The number of hydrogen-bond acceptors (Lipinski definition) is 5. The van der Waals surface area contributed by atoms with E-state index in [1.165, 1.54) is 0 Å². The number of allylic oxidation sites excluding steroid dienone is 2. The van der Waals surface area contributed by atoms with Gasteiger partial charge in [-0.05, 0) is 36.0 Å². The van der Waals surface area contributed by atoms with Crippen molar-refractivity contribution in [1.29, 1.82) is 0 Å². The van der Waals surface area contributed by atoms with Gasteiger partial charge in [-0.2, -0.15) is 0 Å². The van der Waals surface area contributed by atoms with E-state index in [-0.39, 0.29) is 47.9 Å². The highest BCUT2D eigenvalue weighted by Crippen LogP contribution is 2.52. The van der Waals surface area contributed by atoms with Crippen LogP contribution in [0.2, 0.25) is 0 Å². The number of imide groups is 1. The fourth-order valence-electron chi connectivity index (χ4n) is 4.72. The zero-order chi connectivity index (χ0) is 18.5. The Balaban J connectivity index is 1.20. The topological polar surface area (TPSA) is 84.9 Å². The monoisotopic (exact) mass is 368 g/mol. The molecule has 27 heavy (non-hydrogen) atoms. The molecule has 1 aromatic rings. The smallest absolute Gasteiger partial charge is 0.240 e. The lowest BCUT2D eigenvalue weighted by Crippen LogP contribution is -2.41. The molecule has 140 valence electrons. The summed E-state index contributed by atoms with van der Waals surface area (Å²) in [6.07, 6.45) is 4.97. The van der Waals surface area contributed by atoms with Crippen molar-refractivity contribution in [2.75, 3.05) is 19.8 Å². The third kappa shape index (κ3) is 2.60. The number of hydrogen-bond donors (Lipinski definition) is 1. The van der Waals surface area contributed by atoms with Gasteiger partial charge in [0.15, 0.2) is 11.5 Å². The summed E-state index contributed by atoms with van der Waals surface area (Å²) in [7, 11) is 0. The third-order valence-electron chi connectivity index (χ3n) is 5.96. The van der Waals surface area contributed by atoms with Crippen molar-refractivity contribution in [2.24, 2.45) is 23.7 Å². The average molecular weight is 368 g/mol. The molecule has 0 aromatic heterocycles. The zero-order valence-corrected chi connectivity index (χ0v) is 14.7. The maximum Gasteiger partial charge on any atom is 0.240 e. The molecule has 0 spiro atoms. The summed E-state index contributed by atoms with van der Waals surface area (Å²) in [4.78, 5) is 38.7. The highest BCUT2D eigenvalue weighted by Gasteiger charge is 2.59. The molecule has 0 radical (unpaired) electrons. The second-order valence-electron chi connectivity index (χ2n) is 7.52. The lowest BCUT2D eigenvalue weighted by Gasteiger charge is -2.19. The minimum Gasteiger partial charge on any atom is -0.486 e. The van der Waals surface area contributed by atoms with Crippen LogP contribution < -0.4 is 14.8 Å². The standard InChI is InChI=1S/C20H20N2O5/c23-16(21-9-11-1-4-14-15(7-11)27-6-5-26-14)10-22-19(24)17-12-2-3-13(8-12)18(17)20(22)25/h1-4,7,12-13,17-18H,5-6,8-10H2,(H,21,23). The van der Waals surface area contributed by atoms with E-state index in [2.05, 4.69) is 5.32 Å². The van der Waals surface area contributed by atoms with Crippen LogP contribution >= 0.6 is 0 Å². The number of carbonyl (C=O) groups is 3. The first kappa shape index (κ1) is 16.4. The number of nitrogens with one attached hydrogen (secondary N) is 1. The van der Waals surface area contributed by atoms with Gasteiger partial charge in [0, 0.05) is 6.54 Å². The first-order valence-electron chi connectivity index (χ1n) is 9.30. The van der Waals surface area contributed by atoms with E-state index in [0.717, 1.165) is 16.9 Å². The fourth-order valence-corrected chi connectivity index (χ4v) is 4.72. The van der Waals surface area contributed by atoms with E-state index < -0.39 is 0 Å². The number of fused-ring (bicyclic) bond motifs is 6. The maximum atomic E-state index is 12.6. The summed E-state index contributed by atoms with van der Waals surface area (Å²) in [5, 5.41) is 2.78. The normalized spacial score (nSPS) is 30.0. The van der Waals surface area contributed by atoms with Crippen molar-refractivity contribution >= 4 is 17.7 Å². The highest BCUT2D eigenvalue weighted by molar-refractivity contribution is 6.08. The van der Waals surface area contributed by atoms with Crippen molar-refractivity contribution in [3.63, 3.8) is 0 Å². The molecule has 1 aromatic carbocycles. The van der Waals surface area contributed by atoms with E-state index >= 15 is 0 Å². The van der Waals surface area contributed by atoms with E-state index in [4.69, 9.17) is 9.47 Å². The van der Waals surface area contributed by atoms with Crippen LogP contribution in [0.15, 0.2) is 30.4 Å². The number of benzene rings is 1. The molecule has 4 atom stereocenters. The summed E-state index contributed by atoms with van der Waals surface area (Å²) < 4.78 is 11.0. The molecule has 2 heterocycles. The van der Waals surface area contributed by atoms with Crippen LogP contribution in [-0.4, -0.2) is 42.4 Å². The molecule has 5 rings (SSSR count). The van der Waals surface area contributed by atoms with Gasteiger partial charge in [-0.3, -0.25) is 19.3 Å². The van der Waals surface area contributed by atoms with E-state index in [1.54, 1.807) is 0 Å². The molecule has 1 saturated carbocycles. The number of amides is 3. The average Bonchev–Trinajstić information content (AvgIpc) is 3.36. The second-order valence-corrected chi connectivity index (χ2v) is 7.52. The minimum absolute atomic E-state index is 0.155. The molecule has 4 aliphatic rings. The lowest BCUT2D eigenvalue weighted by molar-refractivity contribution is -0.144. The predicted octanol–water partition coefficient (Wildman–Crippen LogP) is 0.881. The fraction of sp³-hybridized carbons (Fsp3) is 0.450. The number of nitrogens with zero attached hydrogens (tertiary/aromatic N) is 1. The van der Waals surface area contributed by atoms with Crippen LogP contribution in [0.1, 0.15) is 12.0 Å². The summed E-state index contributed by atoms with van der Waals surface area (Å²) in [5.41, 5.74) is 0.866. The van der Waals surface area contributed by atoms with Crippen molar-refractivity contribution in [3.05, 3.63) is 35.9 Å². The number of carbonyl (C=O) groups excluding carboxylic acids is 3. The second kappa shape index (κ2) is 6.11. The van der Waals surface area contributed by atoms with Gasteiger partial charge in [-0.15, -0.1) is 0 Å². The molecule has 1 N–H and O–H groups in total. The van der Waals surface area contributed by atoms with Gasteiger partial charge in [-0.25, -0.2) is 0 Å². The third-order valence-corrected chi connectivity index (χ3v) is 5.96. The highest BCUT2D eigenvalue weighted by atomic mass is 16.6. The summed E-state index contributed by atoms with van der Waals surface area (Å²) in [5.74, 6) is 0.397. The lowest BCUT2D eigenvalue weighted by atomic mass is 9.85. The van der Waals surface area contributed by atoms with Gasteiger partial charge in [0.25, 0.3) is 0 Å². The minimum atomic E-state index is -0.341. The van der Waals surface area contributed by atoms with E-state index in [0.29, 0.717) is 31.3 Å². The van der Waals surface area contributed by atoms with Gasteiger partial charge >= 0.3 is 0 Å². The number of rotatable bonds is 4. The molecule has 7 nitrogen and oxygen atoms in total. The first-order valence-corrected chi connectivity index (χ1v) is 9.30. The quantitative estimate of drug-likeness (QED) is 0.630. The molecule has 2 aliphatic heterocycles. The van der Waals surface area contributed by atoms with Crippen LogP contribution in [0.25, 0.3) is 0 Å². The van der Waals surface area contributed by atoms with Crippen molar-refractivity contribution in [2.45, 2.75) is 13.0 Å². The van der Waals surface area contributed by atoms with Gasteiger partial charge < -0.3 is 14.8 Å². The Morgan fingerprint density at radius 2 is 1.70 bits per heavy atom.